The smallest absolute Gasteiger partial charge is 0.433 e. The molecule has 2 rings (SSSR count). The monoisotopic (exact) mass is 428 g/mol. The second-order valence-electron chi connectivity index (χ2n) is 6.67. The number of halogens is 3. The maximum absolute atomic E-state index is 13.3. The van der Waals surface area contributed by atoms with Crippen LogP contribution < -0.4 is 15.4 Å². The van der Waals surface area contributed by atoms with Crippen LogP contribution in [0.4, 0.5) is 30.6 Å². The molecular weight excluding hydrogens is 405 g/mol. The zero-order valence-corrected chi connectivity index (χ0v) is 16.9. The summed E-state index contributed by atoms with van der Waals surface area (Å²) in [5, 5.41) is 14.9. The molecule has 0 aliphatic heterocycles. The maximum atomic E-state index is 13.3. The topological polar surface area (TPSA) is 106 Å². The highest BCUT2D eigenvalue weighted by molar-refractivity contribution is 5.91. The number of anilines is 3. The minimum Gasteiger partial charge on any atom is -0.495 e. The number of rotatable bonds is 8. The van der Waals surface area contributed by atoms with E-state index in [0.717, 1.165) is 6.07 Å². The van der Waals surface area contributed by atoms with E-state index in [-0.39, 0.29) is 41.3 Å². The van der Waals surface area contributed by atoms with E-state index in [1.807, 2.05) is 0 Å². The Balaban J connectivity index is 2.48. The molecule has 1 aromatic carbocycles. The summed E-state index contributed by atoms with van der Waals surface area (Å²) in [6.07, 6.45) is -4.72. The lowest BCUT2D eigenvalue weighted by atomic mass is 10.1. The zero-order chi connectivity index (χ0) is 22.5. The van der Waals surface area contributed by atoms with Gasteiger partial charge in [0.15, 0.2) is 5.69 Å². The summed E-state index contributed by atoms with van der Waals surface area (Å²) in [5.74, 6) is -0.908. The Labute approximate surface area is 171 Å². The van der Waals surface area contributed by atoms with Crippen LogP contribution in [0.1, 0.15) is 29.9 Å². The van der Waals surface area contributed by atoms with Crippen LogP contribution in [0.5, 0.6) is 5.75 Å². The molecule has 0 bridgehead atoms. The van der Waals surface area contributed by atoms with Gasteiger partial charge < -0.3 is 25.2 Å². The maximum Gasteiger partial charge on any atom is 0.433 e. The van der Waals surface area contributed by atoms with Crippen LogP contribution in [0.3, 0.4) is 0 Å². The van der Waals surface area contributed by atoms with E-state index < -0.39 is 23.9 Å². The molecule has 3 N–H and O–H groups in total. The first-order valence-electron chi connectivity index (χ1n) is 8.96. The van der Waals surface area contributed by atoms with Gasteiger partial charge in [-0.1, -0.05) is 13.8 Å². The van der Waals surface area contributed by atoms with E-state index in [0.29, 0.717) is 0 Å². The fraction of sp³-hybridized carbons (Fsp3) is 0.421. The second kappa shape index (κ2) is 9.61. The van der Waals surface area contributed by atoms with Crippen molar-refractivity contribution in [3.63, 3.8) is 0 Å². The van der Waals surface area contributed by atoms with E-state index in [4.69, 9.17) is 4.74 Å². The molecular formula is C19H23F3N4O4. The zero-order valence-electron chi connectivity index (χ0n) is 16.9. The van der Waals surface area contributed by atoms with Crippen LogP contribution >= 0.6 is 0 Å². The Morgan fingerprint density at radius 3 is 2.43 bits per heavy atom. The van der Waals surface area contributed by atoms with Crippen LogP contribution in [0, 0.1) is 5.92 Å². The first-order chi connectivity index (χ1) is 14.1. The fourth-order valence-corrected chi connectivity index (χ4v) is 2.50. The number of carbonyl (C=O) groups is 1. The summed E-state index contributed by atoms with van der Waals surface area (Å²) in [4.78, 5) is 19.4. The van der Waals surface area contributed by atoms with Crippen molar-refractivity contribution < 1.29 is 32.5 Å². The molecule has 0 fully saturated rings. The third kappa shape index (κ3) is 5.72. The quantitative estimate of drug-likeness (QED) is 0.549. The molecule has 30 heavy (non-hydrogen) atoms. The number of alkyl halides is 3. The minimum absolute atomic E-state index is 0.0821. The third-order valence-corrected chi connectivity index (χ3v) is 4.22. The molecule has 0 amide bonds. The van der Waals surface area contributed by atoms with Crippen LogP contribution in [0.25, 0.3) is 0 Å². The molecule has 2 aromatic rings. The largest absolute Gasteiger partial charge is 0.495 e. The Morgan fingerprint density at radius 1 is 1.20 bits per heavy atom. The van der Waals surface area contributed by atoms with Gasteiger partial charge in [-0.25, -0.2) is 9.78 Å². The highest BCUT2D eigenvalue weighted by Crippen LogP contribution is 2.33. The van der Waals surface area contributed by atoms with Crippen LogP contribution in [0.15, 0.2) is 24.3 Å². The van der Waals surface area contributed by atoms with Gasteiger partial charge in [0.25, 0.3) is 0 Å². The van der Waals surface area contributed by atoms with Gasteiger partial charge in [-0.3, -0.25) is 0 Å². The van der Waals surface area contributed by atoms with Crippen molar-refractivity contribution in [2.24, 2.45) is 5.92 Å². The summed E-state index contributed by atoms with van der Waals surface area (Å²) in [6.45, 7) is 3.28. The van der Waals surface area contributed by atoms with Gasteiger partial charge >= 0.3 is 12.1 Å². The van der Waals surface area contributed by atoms with E-state index in [9.17, 15) is 23.1 Å². The molecule has 11 heteroatoms. The SMILES string of the molecule is COC(=O)c1ccc(OC)c(Nc2cc(C(F)(F)F)nc(N[C@@H](CO)C(C)C)n2)c1. The highest BCUT2D eigenvalue weighted by Gasteiger charge is 2.34. The molecule has 0 spiro atoms. The number of methoxy groups -OCH3 is 2. The minimum atomic E-state index is -4.72. The van der Waals surface area contributed by atoms with Crippen LogP contribution in [-0.2, 0) is 10.9 Å². The van der Waals surface area contributed by atoms with Crippen molar-refractivity contribution in [3.05, 3.63) is 35.5 Å². The van der Waals surface area contributed by atoms with Crippen molar-refractivity contribution >= 4 is 23.4 Å². The Morgan fingerprint density at radius 2 is 1.90 bits per heavy atom. The average Bonchev–Trinajstić information content (AvgIpc) is 2.70. The van der Waals surface area contributed by atoms with Crippen LogP contribution in [-0.4, -0.2) is 47.9 Å². The number of benzene rings is 1. The Kier molecular flexibility index (Phi) is 7.43. The predicted molar refractivity (Wildman–Crippen MR) is 104 cm³/mol. The van der Waals surface area contributed by atoms with E-state index >= 15 is 0 Å². The molecule has 0 aliphatic rings. The molecule has 1 heterocycles. The van der Waals surface area contributed by atoms with Gasteiger partial charge in [-0.15, -0.1) is 0 Å². The first kappa shape index (κ1) is 23.2. The number of nitrogens with zero attached hydrogens (tertiary/aromatic N) is 2. The summed E-state index contributed by atoms with van der Waals surface area (Å²) < 4.78 is 49.9. The first-order valence-corrected chi connectivity index (χ1v) is 8.96. The number of carbonyl (C=O) groups excluding carboxylic acids is 1. The molecule has 0 aliphatic carbocycles. The van der Waals surface area contributed by atoms with E-state index in [2.05, 4.69) is 25.3 Å². The molecule has 0 radical (unpaired) electrons. The lowest BCUT2D eigenvalue weighted by molar-refractivity contribution is -0.141. The molecule has 8 nitrogen and oxygen atoms in total. The van der Waals surface area contributed by atoms with Gasteiger partial charge in [0, 0.05) is 6.07 Å². The van der Waals surface area contributed by atoms with E-state index in [1.54, 1.807) is 13.8 Å². The van der Waals surface area contributed by atoms with Gasteiger partial charge in [0.2, 0.25) is 5.95 Å². The van der Waals surface area contributed by atoms with Crippen LogP contribution in [0.2, 0.25) is 0 Å². The Bertz CT molecular complexity index is 891. The van der Waals surface area contributed by atoms with Crippen molar-refractivity contribution in [2.45, 2.75) is 26.1 Å². The van der Waals surface area contributed by atoms with Gasteiger partial charge in [-0.05, 0) is 24.1 Å². The number of aliphatic hydroxyl groups excluding tert-OH is 1. The lowest BCUT2D eigenvalue weighted by Crippen LogP contribution is -2.30. The lowest BCUT2D eigenvalue weighted by Gasteiger charge is -2.21. The van der Waals surface area contributed by atoms with Crippen molar-refractivity contribution in [1.29, 1.82) is 0 Å². The second-order valence-corrected chi connectivity index (χ2v) is 6.67. The number of aromatic nitrogens is 2. The number of hydrogen-bond acceptors (Lipinski definition) is 8. The summed E-state index contributed by atoms with van der Waals surface area (Å²) in [7, 11) is 2.59. The molecule has 0 saturated heterocycles. The summed E-state index contributed by atoms with van der Waals surface area (Å²) in [6, 6.07) is 4.49. The van der Waals surface area contributed by atoms with Crippen molar-refractivity contribution in [3.8, 4) is 5.75 Å². The molecule has 164 valence electrons. The number of nitrogens with one attached hydrogen (secondary N) is 2. The normalized spacial score (nSPS) is 12.4. The van der Waals surface area contributed by atoms with Crippen molar-refractivity contribution in [1.82, 2.24) is 9.97 Å². The number of esters is 1. The number of hydrogen-bond donors (Lipinski definition) is 3. The van der Waals surface area contributed by atoms with Gasteiger partial charge in [-0.2, -0.15) is 18.2 Å². The van der Waals surface area contributed by atoms with Gasteiger partial charge in [0.1, 0.15) is 11.6 Å². The highest BCUT2D eigenvalue weighted by atomic mass is 19.4. The summed E-state index contributed by atoms with van der Waals surface area (Å²) in [5.41, 5.74) is -0.795. The average molecular weight is 428 g/mol. The number of ether oxygens (including phenoxy) is 2. The fourth-order valence-electron chi connectivity index (χ4n) is 2.50. The molecule has 1 aromatic heterocycles. The molecule has 1 atom stereocenters. The Hall–Kier alpha value is -3.08. The number of aliphatic hydroxyl groups is 1. The molecule has 0 unspecified atom stereocenters. The van der Waals surface area contributed by atoms with Gasteiger partial charge in [0.05, 0.1) is 38.1 Å². The standard InChI is InChI=1S/C19H23F3N4O4/c1-10(2)13(9-27)24-18-25-15(19(20,21)22)8-16(26-18)23-12-7-11(17(28)30-4)5-6-14(12)29-3/h5-8,10,13,27H,9H2,1-4H3,(H2,23,24,25,26)/t13-/m0/s1. The molecule has 0 saturated carbocycles. The third-order valence-electron chi connectivity index (χ3n) is 4.22. The van der Waals surface area contributed by atoms with Crippen molar-refractivity contribution in [2.75, 3.05) is 31.5 Å². The predicted octanol–water partition coefficient (Wildman–Crippen LogP) is 3.46. The van der Waals surface area contributed by atoms with E-state index in [1.165, 1.54) is 32.4 Å². The summed E-state index contributed by atoms with van der Waals surface area (Å²) >= 11 is 0.